The first-order chi connectivity index (χ1) is 7.34. The van der Waals surface area contributed by atoms with E-state index in [2.05, 4.69) is 9.97 Å². The van der Waals surface area contributed by atoms with Crippen molar-refractivity contribution in [3.63, 3.8) is 0 Å². The van der Waals surface area contributed by atoms with Gasteiger partial charge in [-0.25, -0.2) is 0 Å². The molecule has 0 atom stereocenters. The summed E-state index contributed by atoms with van der Waals surface area (Å²) < 4.78 is 0. The molecule has 3 heteroatoms. The molecule has 0 radical (unpaired) electrons. The van der Waals surface area contributed by atoms with Crippen molar-refractivity contribution in [2.24, 2.45) is 0 Å². The summed E-state index contributed by atoms with van der Waals surface area (Å²) in [6, 6.07) is 9.58. The van der Waals surface area contributed by atoms with E-state index >= 15 is 0 Å². The molecule has 0 saturated carbocycles. The van der Waals surface area contributed by atoms with E-state index in [1.807, 2.05) is 36.5 Å². The quantitative estimate of drug-likeness (QED) is 0.442. The number of hydrogen-bond donors (Lipinski definition) is 1. The molecule has 1 aromatic carbocycles. The number of rotatable bonds is 0. The second-order valence-corrected chi connectivity index (χ2v) is 3.48. The van der Waals surface area contributed by atoms with Gasteiger partial charge in [-0.15, -0.1) is 0 Å². The molecule has 0 amide bonds. The molecule has 0 fully saturated rings. The molecule has 0 unspecified atom stereocenters. The Morgan fingerprint density at radius 2 is 2.00 bits per heavy atom. The predicted octanol–water partition coefficient (Wildman–Crippen LogP) is 2.37. The van der Waals surface area contributed by atoms with Gasteiger partial charge in [-0.2, -0.15) is 0 Å². The van der Waals surface area contributed by atoms with Crippen molar-refractivity contribution in [1.82, 2.24) is 9.97 Å². The van der Waals surface area contributed by atoms with E-state index in [0.717, 1.165) is 27.5 Å². The number of pyridine rings is 2. The molecule has 2 heterocycles. The van der Waals surface area contributed by atoms with Gasteiger partial charge in [0.1, 0.15) is 0 Å². The van der Waals surface area contributed by atoms with Crippen LogP contribution >= 0.6 is 0 Å². The van der Waals surface area contributed by atoms with Gasteiger partial charge in [0.05, 0.1) is 11.0 Å². The Morgan fingerprint density at radius 1 is 1.07 bits per heavy atom. The molecule has 0 aliphatic heterocycles. The summed E-state index contributed by atoms with van der Waals surface area (Å²) in [5.74, 6) is 0. The van der Waals surface area contributed by atoms with Crippen LogP contribution in [0.5, 0.6) is 0 Å². The van der Waals surface area contributed by atoms with Crippen molar-refractivity contribution in [3.05, 3.63) is 42.7 Å². The lowest BCUT2D eigenvalue weighted by Gasteiger charge is -2.02. The summed E-state index contributed by atoms with van der Waals surface area (Å²) in [7, 11) is 0. The predicted molar refractivity (Wildman–Crippen MR) is 61.5 cm³/mol. The normalized spacial score (nSPS) is 10.9. The van der Waals surface area contributed by atoms with Crippen LogP contribution in [0.15, 0.2) is 42.7 Å². The maximum Gasteiger partial charge on any atom is 0.0812 e. The van der Waals surface area contributed by atoms with Crippen LogP contribution in [0.25, 0.3) is 21.8 Å². The van der Waals surface area contributed by atoms with Crippen LogP contribution in [-0.4, -0.2) is 9.97 Å². The highest BCUT2D eigenvalue weighted by Crippen LogP contribution is 2.22. The van der Waals surface area contributed by atoms with Gasteiger partial charge in [0.15, 0.2) is 0 Å². The van der Waals surface area contributed by atoms with Crippen LogP contribution in [0.2, 0.25) is 0 Å². The molecule has 0 aliphatic rings. The molecule has 2 N–H and O–H groups in total. The standard InChI is InChI=1S/C12H9N3/c13-9-3-4-11-10(6-9)12-8(7-15-11)2-1-5-14-12/h1-7H,13H2. The number of aromatic nitrogens is 2. The van der Waals surface area contributed by atoms with E-state index in [9.17, 15) is 0 Å². The van der Waals surface area contributed by atoms with Gasteiger partial charge in [-0.3, -0.25) is 9.97 Å². The Bertz CT molecular complexity index is 646. The van der Waals surface area contributed by atoms with E-state index in [-0.39, 0.29) is 0 Å². The first-order valence-corrected chi connectivity index (χ1v) is 4.73. The average Bonchev–Trinajstić information content (AvgIpc) is 2.29. The largest absolute Gasteiger partial charge is 0.399 e. The number of anilines is 1. The van der Waals surface area contributed by atoms with Crippen LogP contribution in [0.3, 0.4) is 0 Å². The lowest BCUT2D eigenvalue weighted by Crippen LogP contribution is -1.88. The van der Waals surface area contributed by atoms with Crippen LogP contribution in [0.4, 0.5) is 5.69 Å². The molecule has 0 bridgehead atoms. The number of fused-ring (bicyclic) bond motifs is 3. The lowest BCUT2D eigenvalue weighted by molar-refractivity contribution is 1.38. The molecule has 72 valence electrons. The zero-order valence-electron chi connectivity index (χ0n) is 8.01. The number of benzene rings is 1. The third kappa shape index (κ3) is 1.21. The van der Waals surface area contributed by atoms with Gasteiger partial charge in [0.2, 0.25) is 0 Å². The average molecular weight is 195 g/mol. The maximum atomic E-state index is 5.76. The Morgan fingerprint density at radius 3 is 2.93 bits per heavy atom. The molecular formula is C12H9N3. The maximum absolute atomic E-state index is 5.76. The molecule has 15 heavy (non-hydrogen) atoms. The highest BCUT2D eigenvalue weighted by atomic mass is 14.7. The molecule has 3 rings (SSSR count). The third-order valence-electron chi connectivity index (χ3n) is 2.46. The fraction of sp³-hybridized carbons (Fsp3) is 0. The third-order valence-corrected chi connectivity index (χ3v) is 2.46. The van der Waals surface area contributed by atoms with E-state index in [1.54, 1.807) is 6.20 Å². The summed E-state index contributed by atoms with van der Waals surface area (Å²) in [5, 5.41) is 2.05. The van der Waals surface area contributed by atoms with E-state index in [1.165, 1.54) is 0 Å². The van der Waals surface area contributed by atoms with E-state index < -0.39 is 0 Å². The van der Waals surface area contributed by atoms with Gasteiger partial charge in [0.25, 0.3) is 0 Å². The van der Waals surface area contributed by atoms with E-state index in [0.29, 0.717) is 0 Å². The summed E-state index contributed by atoms with van der Waals surface area (Å²) in [4.78, 5) is 8.71. The Balaban J connectivity index is 2.57. The molecule has 2 aromatic heterocycles. The Labute approximate surface area is 86.6 Å². The van der Waals surface area contributed by atoms with Crippen LogP contribution in [0, 0.1) is 0 Å². The minimum absolute atomic E-state index is 0.738. The number of hydrogen-bond acceptors (Lipinski definition) is 3. The highest BCUT2D eigenvalue weighted by molar-refractivity contribution is 6.03. The molecule has 0 aliphatic carbocycles. The summed E-state index contributed by atoms with van der Waals surface area (Å²) in [6.07, 6.45) is 3.62. The van der Waals surface area contributed by atoms with Gasteiger partial charge < -0.3 is 5.73 Å². The number of nitrogens with zero attached hydrogens (tertiary/aromatic N) is 2. The number of nitrogen functional groups attached to an aromatic ring is 1. The molecular weight excluding hydrogens is 186 g/mol. The van der Waals surface area contributed by atoms with Gasteiger partial charge in [-0.1, -0.05) is 0 Å². The van der Waals surface area contributed by atoms with Crippen LogP contribution in [0.1, 0.15) is 0 Å². The van der Waals surface area contributed by atoms with Gasteiger partial charge >= 0.3 is 0 Å². The summed E-state index contributed by atoms with van der Waals surface area (Å²) >= 11 is 0. The Hall–Kier alpha value is -2.16. The molecule has 3 aromatic rings. The topological polar surface area (TPSA) is 51.8 Å². The summed E-state index contributed by atoms with van der Waals surface area (Å²) in [5.41, 5.74) is 8.38. The monoisotopic (exact) mass is 195 g/mol. The number of nitrogens with two attached hydrogens (primary N) is 1. The molecule has 0 spiro atoms. The van der Waals surface area contributed by atoms with Crippen molar-refractivity contribution in [2.45, 2.75) is 0 Å². The highest BCUT2D eigenvalue weighted by Gasteiger charge is 2.01. The second kappa shape index (κ2) is 2.92. The fourth-order valence-corrected chi connectivity index (χ4v) is 1.74. The van der Waals surface area contributed by atoms with E-state index in [4.69, 9.17) is 5.73 Å². The van der Waals surface area contributed by atoms with Gasteiger partial charge in [-0.05, 0) is 30.3 Å². The van der Waals surface area contributed by atoms with Crippen LogP contribution < -0.4 is 5.73 Å². The second-order valence-electron chi connectivity index (χ2n) is 3.48. The summed E-state index contributed by atoms with van der Waals surface area (Å²) in [6.45, 7) is 0. The van der Waals surface area contributed by atoms with Crippen molar-refractivity contribution < 1.29 is 0 Å². The first kappa shape index (κ1) is 8.17. The van der Waals surface area contributed by atoms with Crippen molar-refractivity contribution in [2.75, 3.05) is 5.73 Å². The van der Waals surface area contributed by atoms with Crippen molar-refractivity contribution in [1.29, 1.82) is 0 Å². The zero-order valence-corrected chi connectivity index (χ0v) is 8.01. The van der Waals surface area contributed by atoms with Crippen molar-refractivity contribution in [3.8, 4) is 0 Å². The SMILES string of the molecule is Nc1ccc2ncc3cccnc3c2c1. The zero-order chi connectivity index (χ0) is 10.3. The smallest absolute Gasteiger partial charge is 0.0812 e. The lowest BCUT2D eigenvalue weighted by atomic mass is 10.1. The minimum atomic E-state index is 0.738. The van der Waals surface area contributed by atoms with Crippen molar-refractivity contribution >= 4 is 27.5 Å². The molecule has 0 saturated heterocycles. The Kier molecular flexibility index (Phi) is 1.59. The first-order valence-electron chi connectivity index (χ1n) is 4.73. The van der Waals surface area contributed by atoms with Crippen LogP contribution in [-0.2, 0) is 0 Å². The molecule has 3 nitrogen and oxygen atoms in total. The van der Waals surface area contributed by atoms with Gasteiger partial charge in [0, 0.05) is 28.9 Å². The minimum Gasteiger partial charge on any atom is -0.399 e. The fourth-order valence-electron chi connectivity index (χ4n) is 1.74.